The smallest absolute Gasteiger partial charge is 0.0589 e. The Hall–Kier alpha value is -1.69. The van der Waals surface area contributed by atoms with E-state index in [1.54, 1.807) is 12.3 Å². The number of nitrogens with zero attached hydrogens (tertiary/aromatic N) is 1. The molecule has 0 radical (unpaired) electrons. The average molecular weight is 300 g/mol. The van der Waals surface area contributed by atoms with Gasteiger partial charge in [-0.2, -0.15) is 0 Å². The maximum absolute atomic E-state index is 5.54. The molecule has 3 rings (SSSR count). The molecule has 0 N–H and O–H groups in total. The van der Waals surface area contributed by atoms with Crippen LogP contribution in [0.15, 0.2) is 79.0 Å². The van der Waals surface area contributed by atoms with Gasteiger partial charge in [0, 0.05) is 6.20 Å². The van der Waals surface area contributed by atoms with E-state index in [-0.39, 0.29) is 0 Å². The molecule has 1 heterocycles. The predicted octanol–water partition coefficient (Wildman–Crippen LogP) is 4.59. The minimum absolute atomic E-state index is 0.677. The second kappa shape index (κ2) is 7.79. The van der Waals surface area contributed by atoms with Crippen molar-refractivity contribution in [1.29, 1.82) is 0 Å². The molecule has 1 unspecified atom stereocenters. The van der Waals surface area contributed by atoms with Crippen LogP contribution in [0.4, 0.5) is 0 Å². The summed E-state index contributed by atoms with van der Waals surface area (Å²) in [6, 6.07) is 24.4. The number of rotatable bonds is 1. The highest BCUT2D eigenvalue weighted by Gasteiger charge is 1.91. The average Bonchev–Trinajstić information content (AvgIpc) is 2.53. The first kappa shape index (κ1) is 14.7. The number of hydrogen-bond acceptors (Lipinski definition) is 1. The SMILES string of the molecule is Pc1ccc(Cl)cn1.c1ccc(-c2ccccc2)cc1. The third-order valence-corrected chi connectivity index (χ3v) is 3.20. The van der Waals surface area contributed by atoms with Crippen LogP contribution >= 0.6 is 20.8 Å². The van der Waals surface area contributed by atoms with Crippen molar-refractivity contribution in [2.45, 2.75) is 0 Å². The molecule has 1 nitrogen and oxygen atoms in total. The molecule has 0 aliphatic carbocycles. The highest BCUT2D eigenvalue weighted by molar-refractivity contribution is 7.26. The molecule has 0 aliphatic heterocycles. The van der Waals surface area contributed by atoms with Gasteiger partial charge < -0.3 is 0 Å². The van der Waals surface area contributed by atoms with E-state index in [0.717, 1.165) is 5.44 Å². The van der Waals surface area contributed by atoms with Crippen LogP contribution in [0, 0.1) is 0 Å². The predicted molar refractivity (Wildman–Crippen MR) is 90.5 cm³/mol. The fraction of sp³-hybridized carbons (Fsp3) is 0. The van der Waals surface area contributed by atoms with Crippen LogP contribution in [0.2, 0.25) is 5.02 Å². The minimum atomic E-state index is 0.677. The molecule has 0 aliphatic rings. The summed E-state index contributed by atoms with van der Waals surface area (Å²) < 4.78 is 0. The molecule has 0 saturated heterocycles. The van der Waals surface area contributed by atoms with Gasteiger partial charge in [-0.15, -0.1) is 0 Å². The second-order valence-electron chi connectivity index (χ2n) is 4.13. The Morgan fingerprint density at radius 1 is 0.700 bits per heavy atom. The lowest BCUT2D eigenvalue weighted by Crippen LogP contribution is -1.92. The highest BCUT2D eigenvalue weighted by atomic mass is 35.5. The first-order chi connectivity index (χ1) is 9.75. The lowest BCUT2D eigenvalue weighted by Gasteiger charge is -1.98. The molecule has 0 saturated carbocycles. The summed E-state index contributed by atoms with van der Waals surface area (Å²) in [6.45, 7) is 0. The molecular formula is C17H15ClNP. The maximum Gasteiger partial charge on any atom is 0.0589 e. The maximum atomic E-state index is 5.54. The summed E-state index contributed by atoms with van der Waals surface area (Å²) in [5, 5.41) is 0.677. The largest absolute Gasteiger partial charge is 0.256 e. The zero-order valence-corrected chi connectivity index (χ0v) is 12.8. The molecule has 2 aromatic carbocycles. The summed E-state index contributed by atoms with van der Waals surface area (Å²) >= 11 is 5.54. The van der Waals surface area contributed by atoms with Gasteiger partial charge in [-0.1, -0.05) is 81.5 Å². The summed E-state index contributed by atoms with van der Waals surface area (Å²) in [7, 11) is 2.48. The van der Waals surface area contributed by atoms with Crippen molar-refractivity contribution in [3.05, 3.63) is 84.0 Å². The first-order valence-electron chi connectivity index (χ1n) is 6.23. The van der Waals surface area contributed by atoms with Crippen molar-refractivity contribution in [3.63, 3.8) is 0 Å². The van der Waals surface area contributed by atoms with E-state index in [4.69, 9.17) is 11.6 Å². The van der Waals surface area contributed by atoms with Gasteiger partial charge in [0.2, 0.25) is 0 Å². The van der Waals surface area contributed by atoms with E-state index in [2.05, 4.69) is 62.8 Å². The lowest BCUT2D eigenvalue weighted by atomic mass is 10.1. The van der Waals surface area contributed by atoms with Gasteiger partial charge >= 0.3 is 0 Å². The zero-order chi connectivity index (χ0) is 14.2. The number of pyridine rings is 1. The van der Waals surface area contributed by atoms with Gasteiger partial charge in [-0.05, 0) is 23.3 Å². The third-order valence-electron chi connectivity index (χ3n) is 2.63. The molecule has 0 bridgehead atoms. The Labute approximate surface area is 126 Å². The molecule has 20 heavy (non-hydrogen) atoms. The van der Waals surface area contributed by atoms with E-state index >= 15 is 0 Å². The Morgan fingerprint density at radius 3 is 1.55 bits per heavy atom. The minimum Gasteiger partial charge on any atom is -0.256 e. The molecule has 0 amide bonds. The Balaban J connectivity index is 0.000000160. The molecule has 1 atom stereocenters. The van der Waals surface area contributed by atoms with Gasteiger partial charge in [0.05, 0.1) is 10.5 Å². The normalized spacial score (nSPS) is 9.50. The van der Waals surface area contributed by atoms with Crippen LogP contribution < -0.4 is 5.44 Å². The van der Waals surface area contributed by atoms with Crippen molar-refractivity contribution < 1.29 is 0 Å². The summed E-state index contributed by atoms with van der Waals surface area (Å²) in [4.78, 5) is 3.91. The summed E-state index contributed by atoms with van der Waals surface area (Å²) in [5.74, 6) is 0. The van der Waals surface area contributed by atoms with Gasteiger partial charge in [-0.25, -0.2) is 0 Å². The fourth-order valence-electron chi connectivity index (χ4n) is 1.65. The molecule has 1 aromatic heterocycles. The van der Waals surface area contributed by atoms with Crippen LogP contribution in [0.25, 0.3) is 11.1 Å². The van der Waals surface area contributed by atoms with Crippen LogP contribution in [-0.2, 0) is 0 Å². The zero-order valence-electron chi connectivity index (χ0n) is 10.9. The van der Waals surface area contributed by atoms with Crippen LogP contribution in [0.5, 0.6) is 0 Å². The molecule has 3 heteroatoms. The number of benzene rings is 2. The van der Waals surface area contributed by atoms with Crippen molar-refractivity contribution in [1.82, 2.24) is 4.98 Å². The van der Waals surface area contributed by atoms with E-state index in [9.17, 15) is 0 Å². The molecule has 100 valence electrons. The Bertz CT molecular complexity index is 566. The molecule has 3 aromatic rings. The van der Waals surface area contributed by atoms with Crippen molar-refractivity contribution in [2.24, 2.45) is 0 Å². The van der Waals surface area contributed by atoms with Gasteiger partial charge in [0.1, 0.15) is 0 Å². The van der Waals surface area contributed by atoms with Crippen molar-refractivity contribution in [3.8, 4) is 11.1 Å². The first-order valence-corrected chi connectivity index (χ1v) is 7.19. The molecule has 0 spiro atoms. The summed E-state index contributed by atoms with van der Waals surface area (Å²) in [5.41, 5.74) is 3.46. The lowest BCUT2D eigenvalue weighted by molar-refractivity contribution is 1.39. The fourth-order valence-corrected chi connectivity index (χ4v) is 1.93. The number of hydrogen-bond donors (Lipinski definition) is 0. The van der Waals surface area contributed by atoms with E-state index in [0.29, 0.717) is 5.02 Å². The summed E-state index contributed by atoms with van der Waals surface area (Å²) in [6.07, 6.45) is 1.61. The Morgan fingerprint density at radius 2 is 1.20 bits per heavy atom. The van der Waals surface area contributed by atoms with Gasteiger partial charge in [-0.3, -0.25) is 4.98 Å². The second-order valence-corrected chi connectivity index (χ2v) is 5.16. The van der Waals surface area contributed by atoms with Crippen molar-refractivity contribution in [2.75, 3.05) is 0 Å². The van der Waals surface area contributed by atoms with E-state index in [1.807, 2.05) is 18.2 Å². The van der Waals surface area contributed by atoms with Crippen molar-refractivity contribution >= 4 is 26.3 Å². The topological polar surface area (TPSA) is 12.9 Å². The van der Waals surface area contributed by atoms with Crippen LogP contribution in [0.1, 0.15) is 0 Å². The third kappa shape index (κ3) is 4.77. The standard InChI is InChI=1S/C12H10.C5H5ClNP/c1-3-7-11(8-4-1)12-9-5-2-6-10-12;6-4-1-2-5(8)7-3-4/h1-10H;1-3H,8H2. The number of halogens is 1. The van der Waals surface area contributed by atoms with Gasteiger partial charge in [0.15, 0.2) is 0 Å². The number of aromatic nitrogens is 1. The van der Waals surface area contributed by atoms with E-state index in [1.165, 1.54) is 11.1 Å². The quantitative estimate of drug-likeness (QED) is 0.599. The monoisotopic (exact) mass is 299 g/mol. The Kier molecular flexibility index (Phi) is 5.73. The van der Waals surface area contributed by atoms with Crippen LogP contribution in [-0.4, -0.2) is 4.98 Å². The molecule has 0 fully saturated rings. The van der Waals surface area contributed by atoms with Crippen LogP contribution in [0.3, 0.4) is 0 Å². The molecular weight excluding hydrogens is 285 g/mol. The van der Waals surface area contributed by atoms with E-state index < -0.39 is 0 Å². The highest BCUT2D eigenvalue weighted by Crippen LogP contribution is 2.17. The van der Waals surface area contributed by atoms with Gasteiger partial charge in [0.25, 0.3) is 0 Å².